The normalized spacial score (nSPS) is 40.8. The molecule has 0 aromatic heterocycles. The second-order valence-corrected chi connectivity index (χ2v) is 12.3. The summed E-state index contributed by atoms with van der Waals surface area (Å²) in [4.78, 5) is 34.2. The van der Waals surface area contributed by atoms with E-state index in [0.29, 0.717) is 12.8 Å². The van der Waals surface area contributed by atoms with Gasteiger partial charge in [-0.15, -0.1) is 0 Å². The number of carbonyl (C=O) groups excluding carboxylic acids is 2. The molecule has 34 heavy (non-hydrogen) atoms. The highest BCUT2D eigenvalue weighted by molar-refractivity contribution is 6.01. The summed E-state index contributed by atoms with van der Waals surface area (Å²) in [5.41, 5.74) is -1.62. The van der Waals surface area contributed by atoms with Gasteiger partial charge in [0, 0.05) is 16.7 Å². The van der Waals surface area contributed by atoms with Crippen LogP contribution in [0.25, 0.3) is 0 Å². The minimum atomic E-state index is -1.56. The van der Waals surface area contributed by atoms with Crippen molar-refractivity contribution in [3.8, 4) is 0 Å². The second-order valence-electron chi connectivity index (χ2n) is 12.3. The number of carboxylic acids is 1. The fourth-order valence-electron chi connectivity index (χ4n) is 7.37. The van der Waals surface area contributed by atoms with E-state index in [1.807, 2.05) is 33.8 Å². The quantitative estimate of drug-likeness (QED) is 0.492. The van der Waals surface area contributed by atoms with Crippen molar-refractivity contribution in [1.29, 1.82) is 0 Å². The van der Waals surface area contributed by atoms with E-state index in [-0.39, 0.29) is 40.8 Å². The van der Waals surface area contributed by atoms with E-state index in [0.717, 1.165) is 24.8 Å². The first kappa shape index (κ1) is 26.8. The van der Waals surface area contributed by atoms with Crippen LogP contribution >= 0.6 is 0 Å². The third-order valence-corrected chi connectivity index (χ3v) is 8.93. The van der Waals surface area contributed by atoms with Crippen LogP contribution in [0.1, 0.15) is 73.1 Å². The Bertz CT molecular complexity index is 912. The number of Topliss-reactive ketones (excluding diaryl/α,β-unsaturated/α-hetero) is 1. The van der Waals surface area contributed by atoms with Gasteiger partial charge in [-0.25, -0.2) is 0 Å². The average Bonchev–Trinajstić information content (AvgIpc) is 2.97. The van der Waals surface area contributed by atoms with Gasteiger partial charge in [0.15, 0.2) is 11.6 Å². The molecule has 0 amide bonds. The highest BCUT2D eigenvalue weighted by Gasteiger charge is 2.67. The van der Waals surface area contributed by atoms with E-state index >= 15 is 0 Å². The monoisotopic (exact) mass is 476 g/mol. The van der Waals surface area contributed by atoms with Crippen molar-refractivity contribution in [1.82, 2.24) is 0 Å². The van der Waals surface area contributed by atoms with Crippen LogP contribution in [0.2, 0.25) is 0 Å². The lowest BCUT2D eigenvalue weighted by atomic mass is 9.46. The zero-order valence-electron chi connectivity index (χ0n) is 21.0. The van der Waals surface area contributed by atoms with E-state index in [1.165, 1.54) is 0 Å². The number of aliphatic carboxylic acids is 1. The van der Waals surface area contributed by atoms with Gasteiger partial charge in [-0.05, 0) is 61.5 Å². The first-order chi connectivity index (χ1) is 15.6. The van der Waals surface area contributed by atoms with Gasteiger partial charge in [-0.2, -0.15) is 0 Å². The largest absolute Gasteiger partial charge is 0.481 e. The van der Waals surface area contributed by atoms with Crippen molar-refractivity contribution in [2.45, 2.75) is 84.8 Å². The molecule has 4 N–H and O–H groups in total. The summed E-state index contributed by atoms with van der Waals surface area (Å²) in [7, 11) is 0. The number of hydrogen-bond donors (Lipinski definition) is 4. The first-order valence-corrected chi connectivity index (χ1v) is 12.3. The highest BCUT2D eigenvalue weighted by atomic mass is 16.4. The highest BCUT2D eigenvalue weighted by Crippen LogP contribution is 2.67. The predicted octanol–water partition coefficient (Wildman–Crippen LogP) is 3.06. The molecule has 0 aromatic rings. The molecule has 7 atom stereocenters. The molecule has 7 nitrogen and oxygen atoms in total. The molecule has 0 saturated heterocycles. The standard InChI is InChI=1S/C21H28O5.C6H12O2/c1-19-7-5-13(23)9-12(19)3-4-14-15-6-8-21(26,17(25)11-22)20(15,2)10-16(24)18(14)19;1-6(2,3)4-5(7)8/h5,7,9,14-16,18,22,24,26H,3-4,6,8,10-11H2,1-2H3;4H2,1-3H3,(H,7,8)/t14-,15-,16-,18+,19-,20-,21-;/m0./s1. The van der Waals surface area contributed by atoms with Crippen molar-refractivity contribution in [3.05, 3.63) is 23.8 Å². The second kappa shape index (κ2) is 8.99. The van der Waals surface area contributed by atoms with Crippen LogP contribution in [0.5, 0.6) is 0 Å². The van der Waals surface area contributed by atoms with Gasteiger partial charge in [0.25, 0.3) is 0 Å². The van der Waals surface area contributed by atoms with Crippen molar-refractivity contribution >= 4 is 17.5 Å². The number of aliphatic hydroxyl groups excluding tert-OH is 2. The van der Waals surface area contributed by atoms with E-state index < -0.39 is 35.5 Å². The Labute approximate surface area is 201 Å². The molecular weight excluding hydrogens is 436 g/mol. The number of rotatable bonds is 3. The molecule has 0 radical (unpaired) electrons. The lowest BCUT2D eigenvalue weighted by molar-refractivity contribution is -0.178. The molecule has 0 aromatic carbocycles. The molecule has 0 bridgehead atoms. The SMILES string of the molecule is CC(C)(C)CC(=O)O.C[C@]12C=CC(=O)C=C1CC[C@@H]1[C@@H]2[C@@H](O)C[C@@]2(C)[C@H]1CC[C@]2(O)C(=O)CO. The summed E-state index contributed by atoms with van der Waals surface area (Å²) >= 11 is 0. The Morgan fingerprint density at radius 3 is 2.35 bits per heavy atom. The molecule has 190 valence electrons. The summed E-state index contributed by atoms with van der Waals surface area (Å²) in [5, 5.41) is 39.9. The van der Waals surface area contributed by atoms with Crippen molar-refractivity contribution < 1.29 is 34.8 Å². The lowest BCUT2D eigenvalue weighted by Gasteiger charge is -2.59. The maximum Gasteiger partial charge on any atom is 0.303 e. The zero-order valence-corrected chi connectivity index (χ0v) is 21.0. The van der Waals surface area contributed by atoms with Gasteiger partial charge in [0.2, 0.25) is 0 Å². The van der Waals surface area contributed by atoms with E-state index in [1.54, 1.807) is 12.2 Å². The number of fused-ring (bicyclic) bond motifs is 5. The maximum absolute atomic E-state index is 12.4. The number of carbonyl (C=O) groups is 3. The van der Waals surface area contributed by atoms with Crippen LogP contribution in [-0.2, 0) is 14.4 Å². The van der Waals surface area contributed by atoms with Crippen molar-refractivity contribution in [2.75, 3.05) is 6.61 Å². The lowest BCUT2D eigenvalue weighted by Crippen LogP contribution is -2.61. The number of carboxylic acid groups (broad SMARTS) is 1. The third-order valence-electron chi connectivity index (χ3n) is 8.93. The Morgan fingerprint density at radius 2 is 1.82 bits per heavy atom. The average molecular weight is 477 g/mol. The molecular formula is C27H40O7. The van der Waals surface area contributed by atoms with E-state index in [2.05, 4.69) is 6.92 Å². The maximum atomic E-state index is 12.4. The topological polar surface area (TPSA) is 132 Å². The van der Waals surface area contributed by atoms with Crippen LogP contribution in [0.3, 0.4) is 0 Å². The molecule has 0 spiro atoms. The summed E-state index contributed by atoms with van der Waals surface area (Å²) < 4.78 is 0. The zero-order chi connectivity index (χ0) is 25.7. The number of aliphatic hydroxyl groups is 3. The molecule has 7 heteroatoms. The molecule has 4 aliphatic carbocycles. The first-order valence-electron chi connectivity index (χ1n) is 12.3. The van der Waals surface area contributed by atoms with Gasteiger partial charge >= 0.3 is 5.97 Å². The van der Waals surface area contributed by atoms with Gasteiger partial charge in [-0.1, -0.05) is 46.3 Å². The Morgan fingerprint density at radius 1 is 1.18 bits per heavy atom. The van der Waals surface area contributed by atoms with Crippen LogP contribution in [-0.4, -0.2) is 56.3 Å². The minimum Gasteiger partial charge on any atom is -0.481 e. The third kappa shape index (κ3) is 4.42. The number of hydrogen-bond acceptors (Lipinski definition) is 6. The molecule has 0 unspecified atom stereocenters. The van der Waals surface area contributed by atoms with Gasteiger partial charge < -0.3 is 20.4 Å². The summed E-state index contributed by atoms with van der Waals surface area (Å²) in [6, 6.07) is 0. The molecule has 4 rings (SSSR count). The van der Waals surface area contributed by atoms with Crippen molar-refractivity contribution in [3.63, 3.8) is 0 Å². The summed E-state index contributed by atoms with van der Waals surface area (Å²) in [6.07, 6.45) is 7.93. The number of ketones is 2. The van der Waals surface area contributed by atoms with E-state index in [4.69, 9.17) is 5.11 Å². The molecule has 3 saturated carbocycles. The van der Waals surface area contributed by atoms with Crippen LogP contribution in [0.4, 0.5) is 0 Å². The molecule has 4 aliphatic rings. The van der Waals surface area contributed by atoms with Crippen LogP contribution in [0.15, 0.2) is 23.8 Å². The number of allylic oxidation sites excluding steroid dienone is 4. The predicted molar refractivity (Wildman–Crippen MR) is 127 cm³/mol. The van der Waals surface area contributed by atoms with Gasteiger partial charge in [0.1, 0.15) is 12.2 Å². The Kier molecular flexibility index (Phi) is 7.08. The van der Waals surface area contributed by atoms with Gasteiger partial charge in [-0.3, -0.25) is 14.4 Å². The fraction of sp³-hybridized carbons (Fsp3) is 0.741. The minimum absolute atomic E-state index is 0.00912. The summed E-state index contributed by atoms with van der Waals surface area (Å²) in [5.74, 6) is -0.951. The Balaban J connectivity index is 0.000000350. The van der Waals surface area contributed by atoms with Crippen LogP contribution < -0.4 is 0 Å². The van der Waals surface area contributed by atoms with Gasteiger partial charge in [0.05, 0.1) is 12.5 Å². The smallest absolute Gasteiger partial charge is 0.303 e. The Hall–Kier alpha value is -1.83. The van der Waals surface area contributed by atoms with Crippen LogP contribution in [0, 0.1) is 34.0 Å². The summed E-state index contributed by atoms with van der Waals surface area (Å²) in [6.45, 7) is 9.05. The fourth-order valence-corrected chi connectivity index (χ4v) is 7.37. The van der Waals surface area contributed by atoms with E-state index in [9.17, 15) is 29.7 Å². The molecule has 3 fully saturated rings. The molecule has 0 aliphatic heterocycles. The van der Waals surface area contributed by atoms with Crippen molar-refractivity contribution in [2.24, 2.45) is 34.0 Å². The molecule has 0 heterocycles.